The van der Waals surface area contributed by atoms with E-state index in [0.29, 0.717) is 12.3 Å². The van der Waals surface area contributed by atoms with Crippen LogP contribution in [0, 0.1) is 10.1 Å². The van der Waals surface area contributed by atoms with Crippen LogP contribution in [0.5, 0.6) is 11.5 Å². The van der Waals surface area contributed by atoms with Crippen molar-refractivity contribution in [2.45, 2.75) is 23.3 Å². The number of aromatic nitrogens is 1. The number of amides is 1. The van der Waals surface area contributed by atoms with Crippen LogP contribution in [0.25, 0.3) is 10.9 Å². The van der Waals surface area contributed by atoms with Gasteiger partial charge in [-0.2, -0.15) is 0 Å². The fraction of sp³-hybridized carbons (Fsp3) is 0.300. The Kier molecular flexibility index (Phi) is 8.40. The van der Waals surface area contributed by atoms with Crippen molar-refractivity contribution in [2.24, 2.45) is 0 Å². The molecule has 5 rings (SSSR count). The smallest absolute Gasteiger partial charge is 0.293 e. The van der Waals surface area contributed by atoms with Crippen molar-refractivity contribution in [1.82, 2.24) is 19.5 Å². The summed E-state index contributed by atoms with van der Waals surface area (Å²) in [5.74, 6) is -0.317. The molecule has 1 aliphatic rings. The van der Waals surface area contributed by atoms with Crippen LogP contribution in [0.1, 0.15) is 23.2 Å². The first-order chi connectivity index (χ1) is 20.5. The quantitative estimate of drug-likeness (QED) is 0.176. The van der Waals surface area contributed by atoms with Gasteiger partial charge in [0.15, 0.2) is 0 Å². The number of carbonyl (C=O) groups is 1. The Bertz CT molecular complexity index is 1760. The number of para-hydroxylation sites is 1. The Morgan fingerprint density at radius 1 is 1.09 bits per heavy atom. The number of fused-ring (bicyclic) bond motifs is 1. The number of likely N-dealkylation sites (tertiary alicyclic amines) is 1. The number of aromatic amines is 1. The van der Waals surface area contributed by atoms with Crippen LogP contribution in [0.4, 0.5) is 11.4 Å². The molecule has 3 aromatic carbocycles. The Balaban J connectivity index is 1.34. The molecular formula is C30H34N6O6S. The predicted octanol–water partition coefficient (Wildman–Crippen LogP) is 4.43. The minimum atomic E-state index is -4.46. The summed E-state index contributed by atoms with van der Waals surface area (Å²) < 4.78 is 34.4. The molecule has 43 heavy (non-hydrogen) atoms. The van der Waals surface area contributed by atoms with E-state index in [1.165, 1.54) is 18.2 Å². The van der Waals surface area contributed by atoms with Crippen LogP contribution in [0.15, 0.2) is 77.8 Å². The molecule has 1 aliphatic heterocycles. The first-order valence-corrected chi connectivity index (χ1v) is 15.3. The molecule has 12 nitrogen and oxygen atoms in total. The van der Waals surface area contributed by atoms with E-state index in [0.717, 1.165) is 42.9 Å². The van der Waals surface area contributed by atoms with Gasteiger partial charge >= 0.3 is 0 Å². The van der Waals surface area contributed by atoms with Crippen LogP contribution in [-0.4, -0.2) is 80.3 Å². The van der Waals surface area contributed by atoms with Crippen LogP contribution in [0.3, 0.4) is 0 Å². The molecule has 1 aromatic heterocycles. The lowest BCUT2D eigenvalue weighted by Crippen LogP contribution is -2.55. The molecular weight excluding hydrogens is 572 g/mol. The molecule has 2 heterocycles. The van der Waals surface area contributed by atoms with Gasteiger partial charge in [-0.15, -0.1) is 0 Å². The SMILES string of the molecule is CN1CCC(CNc2ccc(S(=O)(=O)NC(=O)c3ccccc3Oc3ccc4[nH]ccc4c3)cc2[N+](=O)[O-])(N(C)C)CC1. The van der Waals surface area contributed by atoms with Crippen LogP contribution in [0.2, 0.25) is 0 Å². The Morgan fingerprint density at radius 3 is 2.56 bits per heavy atom. The number of nitro groups is 1. The average Bonchev–Trinajstić information content (AvgIpc) is 3.45. The second-order valence-electron chi connectivity index (χ2n) is 11.0. The van der Waals surface area contributed by atoms with E-state index in [1.54, 1.807) is 36.5 Å². The topological polar surface area (TPSA) is 150 Å². The molecule has 226 valence electrons. The molecule has 13 heteroatoms. The van der Waals surface area contributed by atoms with E-state index in [9.17, 15) is 23.3 Å². The number of likely N-dealkylation sites (N-methyl/N-ethyl adjacent to an activating group) is 1. The number of nitrogens with zero attached hydrogens (tertiary/aromatic N) is 3. The fourth-order valence-corrected chi connectivity index (χ4v) is 6.24. The molecule has 0 aliphatic carbocycles. The summed E-state index contributed by atoms with van der Waals surface area (Å²) in [6.07, 6.45) is 3.55. The maximum atomic E-state index is 13.2. The van der Waals surface area contributed by atoms with Crippen molar-refractivity contribution in [2.75, 3.05) is 46.1 Å². The van der Waals surface area contributed by atoms with Crippen molar-refractivity contribution in [3.05, 3.63) is 88.6 Å². The van der Waals surface area contributed by atoms with Crippen LogP contribution < -0.4 is 14.8 Å². The third-order valence-corrected chi connectivity index (χ3v) is 9.39. The fourth-order valence-electron chi connectivity index (χ4n) is 5.26. The van der Waals surface area contributed by atoms with E-state index in [2.05, 4.69) is 27.1 Å². The summed E-state index contributed by atoms with van der Waals surface area (Å²) in [7, 11) is 1.58. The third kappa shape index (κ3) is 6.48. The van der Waals surface area contributed by atoms with E-state index in [4.69, 9.17) is 4.74 Å². The number of nitrogens with one attached hydrogen (secondary N) is 3. The summed E-state index contributed by atoms with van der Waals surface area (Å²) in [5, 5.41) is 16.1. The molecule has 4 aromatic rings. The van der Waals surface area contributed by atoms with Crippen molar-refractivity contribution < 1.29 is 22.9 Å². The van der Waals surface area contributed by atoms with Crippen molar-refractivity contribution in [3.8, 4) is 11.5 Å². The van der Waals surface area contributed by atoms with E-state index in [-0.39, 0.29) is 22.5 Å². The Morgan fingerprint density at radius 2 is 1.84 bits per heavy atom. The van der Waals surface area contributed by atoms with E-state index >= 15 is 0 Å². The van der Waals surface area contributed by atoms with Crippen molar-refractivity contribution >= 4 is 38.2 Å². The largest absolute Gasteiger partial charge is 0.457 e. The zero-order valence-electron chi connectivity index (χ0n) is 24.2. The van der Waals surface area contributed by atoms with Gasteiger partial charge in [-0.3, -0.25) is 14.9 Å². The van der Waals surface area contributed by atoms with Gasteiger partial charge in [-0.1, -0.05) is 12.1 Å². The number of H-pyrrole nitrogens is 1. The maximum absolute atomic E-state index is 13.2. The number of hydrogen-bond acceptors (Lipinski definition) is 9. The van der Waals surface area contributed by atoms with E-state index in [1.807, 2.05) is 31.0 Å². The molecule has 1 fully saturated rings. The molecule has 3 N–H and O–H groups in total. The minimum Gasteiger partial charge on any atom is -0.457 e. The zero-order valence-corrected chi connectivity index (χ0v) is 25.0. The number of sulfonamides is 1. The third-order valence-electron chi connectivity index (χ3n) is 8.06. The van der Waals surface area contributed by atoms with Gasteiger partial charge in [-0.05, 0) is 95.6 Å². The lowest BCUT2D eigenvalue weighted by atomic mass is 9.86. The van der Waals surface area contributed by atoms with Gasteiger partial charge in [0.2, 0.25) is 0 Å². The number of piperidine rings is 1. The monoisotopic (exact) mass is 606 g/mol. The standard InChI is InChI=1S/C30H34N6O6S/c1-34(2)30(13-16-35(3)17-14-30)20-32-26-11-9-23(19-27(26)36(38)39)43(40,41)33-29(37)24-6-4-5-7-28(24)42-22-8-10-25-21(18-22)12-15-31-25/h4-12,15,18-19,31-32H,13-14,16-17,20H2,1-3H3,(H,33,37). The second-order valence-corrected chi connectivity index (χ2v) is 12.7. The molecule has 1 saturated heterocycles. The highest BCUT2D eigenvalue weighted by atomic mass is 32.2. The van der Waals surface area contributed by atoms with Gasteiger partial charge < -0.3 is 24.8 Å². The molecule has 1 amide bonds. The first-order valence-electron chi connectivity index (χ1n) is 13.8. The average molecular weight is 607 g/mol. The van der Waals surface area contributed by atoms with Gasteiger partial charge in [0.25, 0.3) is 21.6 Å². The molecule has 0 bridgehead atoms. The second kappa shape index (κ2) is 12.0. The van der Waals surface area contributed by atoms with Crippen LogP contribution >= 0.6 is 0 Å². The van der Waals surface area contributed by atoms with Crippen molar-refractivity contribution in [1.29, 1.82) is 0 Å². The molecule has 0 saturated carbocycles. The highest BCUT2D eigenvalue weighted by molar-refractivity contribution is 7.90. The molecule has 0 radical (unpaired) electrons. The number of ether oxygens (including phenoxy) is 1. The summed E-state index contributed by atoms with van der Waals surface area (Å²) in [4.78, 5) is 31.6. The summed E-state index contributed by atoms with van der Waals surface area (Å²) in [6.45, 7) is 2.25. The van der Waals surface area contributed by atoms with Gasteiger partial charge in [0.05, 0.1) is 15.4 Å². The highest BCUT2D eigenvalue weighted by Gasteiger charge is 2.36. The molecule has 0 atom stereocenters. The highest BCUT2D eigenvalue weighted by Crippen LogP contribution is 2.32. The predicted molar refractivity (Wildman–Crippen MR) is 164 cm³/mol. The zero-order chi connectivity index (χ0) is 30.8. The number of rotatable bonds is 10. The Labute approximate surface area is 249 Å². The number of anilines is 1. The lowest BCUT2D eigenvalue weighted by Gasteiger charge is -2.45. The van der Waals surface area contributed by atoms with E-state index < -0.39 is 31.4 Å². The minimum absolute atomic E-state index is 0.0138. The normalized spacial score (nSPS) is 15.3. The number of carbonyl (C=O) groups excluding carboxylic acids is 1. The summed E-state index contributed by atoms with van der Waals surface area (Å²) >= 11 is 0. The molecule has 0 spiro atoms. The molecule has 0 unspecified atom stereocenters. The maximum Gasteiger partial charge on any atom is 0.293 e. The van der Waals surface area contributed by atoms with Gasteiger partial charge in [0.1, 0.15) is 17.2 Å². The first kappa shape index (κ1) is 30.0. The number of nitro benzene ring substituents is 1. The van der Waals surface area contributed by atoms with Crippen molar-refractivity contribution in [3.63, 3.8) is 0 Å². The van der Waals surface area contributed by atoms with Gasteiger partial charge in [-0.25, -0.2) is 13.1 Å². The van der Waals surface area contributed by atoms with Crippen LogP contribution in [-0.2, 0) is 10.0 Å². The Hall–Kier alpha value is -4.46. The van der Waals surface area contributed by atoms with Gasteiger partial charge in [0, 0.05) is 35.2 Å². The summed E-state index contributed by atoms with van der Waals surface area (Å²) in [6, 6.07) is 17.0. The summed E-state index contributed by atoms with van der Waals surface area (Å²) in [5.41, 5.74) is 0.496. The number of benzene rings is 3. The lowest BCUT2D eigenvalue weighted by molar-refractivity contribution is -0.384. The number of hydrogen-bond donors (Lipinski definition) is 3.